The van der Waals surface area contributed by atoms with Crippen LogP contribution in [-0.4, -0.2) is 21.0 Å². The molecule has 0 radical (unpaired) electrons. The van der Waals surface area contributed by atoms with Crippen molar-refractivity contribution >= 4 is 0 Å². The van der Waals surface area contributed by atoms with Gasteiger partial charge in [-0.15, -0.1) is 0 Å². The highest BCUT2D eigenvalue weighted by molar-refractivity contribution is 5.49. The fourth-order valence-electron chi connectivity index (χ4n) is 3.73. The first-order valence-electron chi connectivity index (χ1n) is 9.93. The van der Waals surface area contributed by atoms with Gasteiger partial charge in [-0.25, -0.2) is 0 Å². The number of hydrogen-bond acceptors (Lipinski definition) is 4. The Hall–Kier alpha value is -3.14. The molecular weight excluding hydrogens is 364 g/mol. The Labute approximate surface area is 172 Å². The molecule has 0 spiro atoms. The van der Waals surface area contributed by atoms with Crippen LogP contribution in [0.15, 0.2) is 60.7 Å². The van der Waals surface area contributed by atoms with Gasteiger partial charge in [0.2, 0.25) is 6.79 Å². The molecule has 0 saturated carbocycles. The highest BCUT2D eigenvalue weighted by atomic mass is 16.7. The topological polar surface area (TPSA) is 36.9 Å². The average molecular weight is 390 g/mol. The van der Waals surface area contributed by atoms with Gasteiger partial charge in [0.15, 0.2) is 23.0 Å². The molecule has 0 N–H and O–H groups in total. The van der Waals surface area contributed by atoms with E-state index in [4.69, 9.17) is 18.9 Å². The first-order valence-corrected chi connectivity index (χ1v) is 9.93. The summed E-state index contributed by atoms with van der Waals surface area (Å²) in [5.74, 6) is 3.21. The maximum Gasteiger partial charge on any atom is 0.231 e. The van der Waals surface area contributed by atoms with Crippen molar-refractivity contribution in [2.75, 3.05) is 21.0 Å². The molecule has 3 aromatic carbocycles. The molecule has 0 saturated heterocycles. The largest absolute Gasteiger partial charge is 0.493 e. The van der Waals surface area contributed by atoms with Crippen LogP contribution in [-0.2, 0) is 25.7 Å². The van der Waals surface area contributed by atoms with Crippen molar-refractivity contribution < 1.29 is 18.9 Å². The predicted molar refractivity (Wildman–Crippen MR) is 113 cm³/mol. The van der Waals surface area contributed by atoms with E-state index in [1.807, 2.05) is 6.07 Å². The van der Waals surface area contributed by atoms with E-state index in [1.54, 1.807) is 14.2 Å². The minimum atomic E-state index is 0.304. The van der Waals surface area contributed by atoms with Crippen LogP contribution in [0, 0.1) is 0 Å². The lowest BCUT2D eigenvalue weighted by Gasteiger charge is -2.15. The zero-order valence-corrected chi connectivity index (χ0v) is 16.9. The molecular formula is C25H26O4. The fraction of sp³-hybridized carbons (Fsp3) is 0.280. The number of methoxy groups -OCH3 is 2. The van der Waals surface area contributed by atoms with Crippen LogP contribution in [0.3, 0.4) is 0 Å². The highest BCUT2D eigenvalue weighted by Gasteiger charge is 2.15. The third-order valence-corrected chi connectivity index (χ3v) is 5.35. The number of fused-ring (bicyclic) bond motifs is 1. The summed E-state index contributed by atoms with van der Waals surface area (Å²) in [7, 11) is 3.37. The van der Waals surface area contributed by atoms with Gasteiger partial charge >= 0.3 is 0 Å². The van der Waals surface area contributed by atoms with Crippen LogP contribution in [0.4, 0.5) is 0 Å². The maximum absolute atomic E-state index is 5.55. The molecule has 4 rings (SSSR count). The Morgan fingerprint density at radius 2 is 1.28 bits per heavy atom. The van der Waals surface area contributed by atoms with Crippen molar-refractivity contribution in [2.24, 2.45) is 0 Å². The summed E-state index contributed by atoms with van der Waals surface area (Å²) in [6, 6.07) is 21.0. The van der Waals surface area contributed by atoms with Gasteiger partial charge in [-0.1, -0.05) is 36.4 Å². The summed E-state index contributed by atoms with van der Waals surface area (Å²) in [6.45, 7) is 0.304. The fourth-order valence-corrected chi connectivity index (χ4v) is 3.73. The molecule has 0 atom stereocenters. The molecule has 1 aliphatic heterocycles. The Balaban J connectivity index is 1.54. The second-order valence-corrected chi connectivity index (χ2v) is 7.15. The second kappa shape index (κ2) is 8.91. The van der Waals surface area contributed by atoms with E-state index in [-0.39, 0.29) is 0 Å². The van der Waals surface area contributed by atoms with Gasteiger partial charge < -0.3 is 18.9 Å². The van der Waals surface area contributed by atoms with Crippen LogP contribution >= 0.6 is 0 Å². The summed E-state index contributed by atoms with van der Waals surface area (Å²) in [4.78, 5) is 0. The van der Waals surface area contributed by atoms with Crippen molar-refractivity contribution in [3.05, 3.63) is 82.9 Å². The van der Waals surface area contributed by atoms with Crippen molar-refractivity contribution in [3.8, 4) is 23.0 Å². The second-order valence-electron chi connectivity index (χ2n) is 7.15. The van der Waals surface area contributed by atoms with E-state index in [0.717, 1.165) is 48.7 Å². The molecule has 4 nitrogen and oxygen atoms in total. The third-order valence-electron chi connectivity index (χ3n) is 5.35. The molecule has 0 amide bonds. The van der Waals surface area contributed by atoms with Crippen molar-refractivity contribution in [1.82, 2.24) is 0 Å². The van der Waals surface area contributed by atoms with Gasteiger partial charge in [0.1, 0.15) is 0 Å². The zero-order chi connectivity index (χ0) is 20.1. The molecule has 3 aromatic rings. The monoisotopic (exact) mass is 390 g/mol. The molecule has 0 aliphatic carbocycles. The number of aryl methyl sites for hydroxylation is 4. The molecule has 150 valence electrons. The van der Waals surface area contributed by atoms with Crippen molar-refractivity contribution in [1.29, 1.82) is 0 Å². The first-order chi connectivity index (χ1) is 14.3. The van der Waals surface area contributed by atoms with E-state index in [9.17, 15) is 0 Å². The van der Waals surface area contributed by atoms with Crippen molar-refractivity contribution in [3.63, 3.8) is 0 Å². The Kier molecular flexibility index (Phi) is 5.89. The maximum atomic E-state index is 5.55. The van der Waals surface area contributed by atoms with E-state index >= 15 is 0 Å². The van der Waals surface area contributed by atoms with Crippen LogP contribution in [0.25, 0.3) is 0 Å². The van der Waals surface area contributed by atoms with Gasteiger partial charge in [0.05, 0.1) is 14.2 Å². The molecule has 0 fully saturated rings. The number of benzene rings is 3. The molecule has 4 heteroatoms. The molecule has 0 bridgehead atoms. The van der Waals surface area contributed by atoms with Crippen molar-refractivity contribution in [2.45, 2.75) is 25.7 Å². The lowest BCUT2D eigenvalue weighted by molar-refractivity contribution is 0.174. The third kappa shape index (κ3) is 4.48. The summed E-state index contributed by atoms with van der Waals surface area (Å²) in [6.07, 6.45) is 3.79. The van der Waals surface area contributed by atoms with Gasteiger partial charge in [-0.05, 0) is 72.2 Å². The first kappa shape index (κ1) is 19.2. The number of hydrogen-bond donors (Lipinski definition) is 0. The summed E-state index contributed by atoms with van der Waals surface area (Å²) in [5, 5.41) is 0. The number of rotatable bonds is 8. The lowest BCUT2D eigenvalue weighted by Crippen LogP contribution is -2.02. The highest BCUT2D eigenvalue weighted by Crippen LogP contribution is 2.34. The van der Waals surface area contributed by atoms with Crippen LogP contribution in [0.5, 0.6) is 23.0 Å². The molecule has 29 heavy (non-hydrogen) atoms. The van der Waals surface area contributed by atoms with Crippen LogP contribution < -0.4 is 18.9 Å². The zero-order valence-electron chi connectivity index (χ0n) is 16.9. The van der Waals surface area contributed by atoms with Gasteiger partial charge in [-0.2, -0.15) is 0 Å². The Morgan fingerprint density at radius 3 is 1.93 bits per heavy atom. The predicted octanol–water partition coefficient (Wildman–Crippen LogP) is 5.00. The summed E-state index contributed by atoms with van der Waals surface area (Å²) >= 11 is 0. The van der Waals surface area contributed by atoms with Gasteiger partial charge in [-0.3, -0.25) is 0 Å². The van der Waals surface area contributed by atoms with Gasteiger partial charge in [0, 0.05) is 0 Å². The normalized spacial score (nSPS) is 12.1. The minimum absolute atomic E-state index is 0.304. The minimum Gasteiger partial charge on any atom is -0.493 e. The summed E-state index contributed by atoms with van der Waals surface area (Å²) < 4.78 is 22.0. The van der Waals surface area contributed by atoms with E-state index in [1.165, 1.54) is 22.3 Å². The van der Waals surface area contributed by atoms with E-state index in [0.29, 0.717) is 6.79 Å². The lowest BCUT2D eigenvalue weighted by atomic mass is 9.94. The smallest absolute Gasteiger partial charge is 0.231 e. The SMILES string of the molecule is COc1cc(CCc2ccccc2)c(CCc2ccc3c(c2)OCO3)cc1OC. The van der Waals surface area contributed by atoms with Crippen LogP contribution in [0.2, 0.25) is 0 Å². The van der Waals surface area contributed by atoms with E-state index < -0.39 is 0 Å². The molecule has 0 aromatic heterocycles. The Bertz CT molecular complexity index is 966. The molecule has 1 aliphatic rings. The Morgan fingerprint density at radius 1 is 0.655 bits per heavy atom. The number of ether oxygens (including phenoxy) is 4. The quantitative estimate of drug-likeness (QED) is 0.542. The van der Waals surface area contributed by atoms with Crippen LogP contribution in [0.1, 0.15) is 22.3 Å². The summed E-state index contributed by atoms with van der Waals surface area (Å²) in [5.41, 5.74) is 5.16. The molecule has 1 heterocycles. The van der Waals surface area contributed by atoms with Gasteiger partial charge in [0.25, 0.3) is 0 Å². The molecule has 0 unspecified atom stereocenters. The van der Waals surface area contributed by atoms with E-state index in [2.05, 4.69) is 54.6 Å². The standard InChI is InChI=1S/C25H26O4/c1-26-23-15-20(11-8-18-6-4-3-5-7-18)21(16-24(23)27-2)12-9-19-10-13-22-25(14-19)29-17-28-22/h3-7,10,13-16H,8-9,11-12,17H2,1-2H3. The average Bonchev–Trinajstić information content (AvgIpc) is 3.24.